The third kappa shape index (κ3) is 4.55. The third-order valence-electron chi connectivity index (χ3n) is 5.44. The maximum absolute atomic E-state index is 13.7. The number of nitrogens with zero attached hydrogens (tertiary/aromatic N) is 4. The van der Waals surface area contributed by atoms with Crippen LogP contribution in [0.2, 0.25) is 5.15 Å². The molecule has 0 bridgehead atoms. The molecule has 0 aromatic carbocycles. The molecule has 8 nitrogen and oxygen atoms in total. The topological polar surface area (TPSA) is 95.6 Å². The van der Waals surface area contributed by atoms with Crippen LogP contribution in [0, 0.1) is 5.92 Å². The van der Waals surface area contributed by atoms with E-state index in [2.05, 4.69) is 26.8 Å². The molecule has 2 aliphatic heterocycles. The van der Waals surface area contributed by atoms with Gasteiger partial charge in [0.2, 0.25) is 0 Å². The van der Waals surface area contributed by atoms with Crippen molar-refractivity contribution in [2.45, 2.75) is 32.2 Å². The van der Waals surface area contributed by atoms with Crippen LogP contribution >= 0.6 is 11.6 Å². The minimum absolute atomic E-state index is 0.0300. The first kappa shape index (κ1) is 22.8. The molecule has 1 fully saturated rings. The van der Waals surface area contributed by atoms with E-state index in [-0.39, 0.29) is 36.3 Å². The van der Waals surface area contributed by atoms with Gasteiger partial charge in [0.25, 0.3) is 0 Å². The molecule has 0 spiro atoms. The van der Waals surface area contributed by atoms with Crippen LogP contribution in [0.15, 0.2) is 6.07 Å². The van der Waals surface area contributed by atoms with Gasteiger partial charge in [-0.3, -0.25) is 0 Å². The van der Waals surface area contributed by atoms with Gasteiger partial charge in [-0.05, 0) is 12.0 Å². The van der Waals surface area contributed by atoms with Crippen LogP contribution in [0.4, 0.5) is 24.8 Å². The smallest absolute Gasteiger partial charge is 0.419 e. The number of anilines is 2. The highest BCUT2D eigenvalue weighted by molar-refractivity contribution is 6.30. The van der Waals surface area contributed by atoms with Gasteiger partial charge in [0.1, 0.15) is 16.8 Å². The average Bonchev–Trinajstić information content (AvgIpc) is 2.95. The van der Waals surface area contributed by atoms with Crippen LogP contribution in [0.3, 0.4) is 0 Å². The lowest BCUT2D eigenvalue weighted by Crippen LogP contribution is -2.32. The van der Waals surface area contributed by atoms with Gasteiger partial charge in [-0.1, -0.05) is 18.5 Å². The van der Waals surface area contributed by atoms with Gasteiger partial charge in [-0.25, -0.2) is 4.98 Å². The van der Waals surface area contributed by atoms with Gasteiger partial charge in [0, 0.05) is 30.6 Å². The predicted octanol–water partition coefficient (Wildman–Crippen LogP) is 3.42. The van der Waals surface area contributed by atoms with Crippen LogP contribution < -0.4 is 15.4 Å². The minimum atomic E-state index is -4.71. The zero-order valence-electron chi connectivity index (χ0n) is 17.6. The summed E-state index contributed by atoms with van der Waals surface area (Å²) >= 11 is 5.81. The van der Waals surface area contributed by atoms with Crippen molar-refractivity contribution in [3.05, 3.63) is 33.6 Å². The third-order valence-corrected chi connectivity index (χ3v) is 5.71. The van der Waals surface area contributed by atoms with Crippen LogP contribution in [0.25, 0.3) is 0 Å². The fourth-order valence-corrected chi connectivity index (χ4v) is 4.36. The lowest BCUT2D eigenvalue weighted by Gasteiger charge is -2.31. The Morgan fingerprint density at radius 2 is 2.06 bits per heavy atom. The molecule has 0 saturated carbocycles. The summed E-state index contributed by atoms with van der Waals surface area (Å²) in [5.74, 6) is 0.806. The second-order valence-electron chi connectivity index (χ2n) is 7.89. The molecule has 4 rings (SSSR count). The minimum Gasteiger partial charge on any atom is -0.467 e. The molecule has 2 aromatic rings. The molecule has 2 atom stereocenters. The molecule has 4 heterocycles. The molecule has 0 aliphatic carbocycles. The number of alkyl halides is 3. The molecule has 2 N–H and O–H groups in total. The van der Waals surface area contributed by atoms with Crippen LogP contribution in [0.5, 0.6) is 6.01 Å². The van der Waals surface area contributed by atoms with Crippen LogP contribution in [-0.2, 0) is 28.7 Å². The highest BCUT2D eigenvalue weighted by Gasteiger charge is 2.40. The lowest BCUT2D eigenvalue weighted by atomic mass is 9.96. The van der Waals surface area contributed by atoms with E-state index in [0.717, 1.165) is 11.6 Å². The molecule has 174 valence electrons. The van der Waals surface area contributed by atoms with Gasteiger partial charge in [0.15, 0.2) is 0 Å². The Kier molecular flexibility index (Phi) is 6.33. The van der Waals surface area contributed by atoms with Gasteiger partial charge >= 0.3 is 12.2 Å². The van der Waals surface area contributed by atoms with E-state index in [9.17, 15) is 13.2 Å². The second-order valence-corrected chi connectivity index (χ2v) is 8.25. The van der Waals surface area contributed by atoms with Gasteiger partial charge < -0.3 is 24.8 Å². The summed E-state index contributed by atoms with van der Waals surface area (Å²) in [5, 5.41) is -0.707. The number of methoxy groups -OCH3 is 1. The van der Waals surface area contributed by atoms with Gasteiger partial charge in [-0.15, -0.1) is 0 Å². The fourth-order valence-electron chi connectivity index (χ4n) is 4.04. The van der Waals surface area contributed by atoms with Crippen molar-refractivity contribution in [2.75, 3.05) is 44.0 Å². The quantitative estimate of drug-likeness (QED) is 0.677. The molecule has 2 aliphatic rings. The number of pyridine rings is 1. The first-order valence-corrected chi connectivity index (χ1v) is 10.5. The summed E-state index contributed by atoms with van der Waals surface area (Å²) in [6, 6.07) is 1.29. The van der Waals surface area contributed by atoms with E-state index in [4.69, 9.17) is 31.5 Å². The summed E-state index contributed by atoms with van der Waals surface area (Å²) in [6.07, 6.45) is -5.60. The Morgan fingerprint density at radius 3 is 2.78 bits per heavy atom. The molecule has 0 amide bonds. The Morgan fingerprint density at radius 1 is 1.28 bits per heavy atom. The molecular weight excluding hydrogens is 451 g/mol. The van der Waals surface area contributed by atoms with E-state index in [1.807, 2.05) is 0 Å². The molecule has 0 radical (unpaired) electrons. The Labute approximate surface area is 187 Å². The summed E-state index contributed by atoms with van der Waals surface area (Å²) in [7, 11) is 1.45. The summed E-state index contributed by atoms with van der Waals surface area (Å²) < 4.78 is 57.9. The second kappa shape index (κ2) is 8.87. The number of fused-ring (bicyclic) bond motifs is 1. The Hall–Kier alpha value is -2.37. The molecule has 2 unspecified atom stereocenters. The van der Waals surface area contributed by atoms with Crippen LogP contribution in [0.1, 0.15) is 35.4 Å². The Balaban J connectivity index is 1.74. The maximum Gasteiger partial charge on any atom is 0.419 e. The SMILES string of the molecule is COc1nc2c(c(N3CCOCC(C)C3)n1)COC(c1cc(N)nc(Cl)c1C(F)(F)F)C2. The average molecular weight is 474 g/mol. The number of ether oxygens (including phenoxy) is 3. The standard InChI is InChI=1S/C20H23ClF3N5O3/c1-10-7-29(3-4-31-8-10)18-12-9-32-14(6-13(12)26-19(28-18)30-2)11-5-15(25)27-17(21)16(11)20(22,23)24/h5,10,14H,3-4,6-9H2,1-2H3,(H2,25,27). The first-order chi connectivity index (χ1) is 15.2. The van der Waals surface area contributed by atoms with Crippen molar-refractivity contribution in [1.29, 1.82) is 0 Å². The normalized spacial score (nSPS) is 21.8. The van der Waals surface area contributed by atoms with E-state index >= 15 is 0 Å². The van der Waals surface area contributed by atoms with E-state index in [1.54, 1.807) is 0 Å². The summed E-state index contributed by atoms with van der Waals surface area (Å²) in [6.45, 7) is 4.62. The number of nitrogen functional groups attached to an aromatic ring is 1. The lowest BCUT2D eigenvalue weighted by molar-refractivity contribution is -0.140. The van der Waals surface area contributed by atoms with E-state index in [1.165, 1.54) is 7.11 Å². The van der Waals surface area contributed by atoms with Crippen molar-refractivity contribution in [3.8, 4) is 6.01 Å². The van der Waals surface area contributed by atoms with Gasteiger partial charge in [-0.2, -0.15) is 23.1 Å². The summed E-state index contributed by atoms with van der Waals surface area (Å²) in [5.41, 5.74) is 5.74. The molecule has 2 aromatic heterocycles. The molecule has 1 saturated heterocycles. The predicted molar refractivity (Wildman–Crippen MR) is 111 cm³/mol. The number of hydrogen-bond donors (Lipinski definition) is 1. The van der Waals surface area contributed by atoms with Crippen molar-refractivity contribution in [2.24, 2.45) is 5.92 Å². The fraction of sp³-hybridized carbons (Fsp3) is 0.550. The van der Waals surface area contributed by atoms with Crippen molar-refractivity contribution in [3.63, 3.8) is 0 Å². The molecular formula is C20H23ClF3N5O3. The molecule has 12 heteroatoms. The zero-order chi connectivity index (χ0) is 23.0. The monoisotopic (exact) mass is 473 g/mol. The zero-order valence-corrected chi connectivity index (χ0v) is 18.3. The number of nitrogens with two attached hydrogens (primary N) is 1. The first-order valence-electron chi connectivity index (χ1n) is 10.1. The number of aromatic nitrogens is 3. The number of hydrogen-bond acceptors (Lipinski definition) is 8. The van der Waals surface area contributed by atoms with Crippen molar-refractivity contribution < 1.29 is 27.4 Å². The highest BCUT2D eigenvalue weighted by atomic mass is 35.5. The molecule has 32 heavy (non-hydrogen) atoms. The number of halogens is 4. The largest absolute Gasteiger partial charge is 0.467 e. The van der Waals surface area contributed by atoms with E-state index < -0.39 is 23.0 Å². The highest BCUT2D eigenvalue weighted by Crippen LogP contribution is 2.43. The van der Waals surface area contributed by atoms with Crippen molar-refractivity contribution >= 4 is 23.2 Å². The van der Waals surface area contributed by atoms with E-state index in [0.29, 0.717) is 37.8 Å². The number of rotatable bonds is 3. The summed E-state index contributed by atoms with van der Waals surface area (Å²) in [4.78, 5) is 14.6. The van der Waals surface area contributed by atoms with Crippen molar-refractivity contribution in [1.82, 2.24) is 15.0 Å². The maximum atomic E-state index is 13.7. The van der Waals surface area contributed by atoms with Crippen LogP contribution in [-0.4, -0.2) is 48.4 Å². The Bertz CT molecular complexity index is 1010. The van der Waals surface area contributed by atoms with Gasteiger partial charge in [0.05, 0.1) is 44.3 Å².